The van der Waals surface area contributed by atoms with Crippen LogP contribution < -0.4 is 14.8 Å². The summed E-state index contributed by atoms with van der Waals surface area (Å²) in [5, 5.41) is 5.62. The zero-order valence-corrected chi connectivity index (χ0v) is 13.9. The van der Waals surface area contributed by atoms with Gasteiger partial charge in [-0.05, 0) is 24.3 Å². The summed E-state index contributed by atoms with van der Waals surface area (Å²) in [6.45, 7) is 1.09. The molecule has 8 heteroatoms. The van der Waals surface area contributed by atoms with Crippen LogP contribution in [0.4, 0.5) is 5.13 Å². The summed E-state index contributed by atoms with van der Waals surface area (Å²) in [5.41, 5.74) is 2.05. The topological polar surface area (TPSA) is 76.2 Å². The molecule has 0 radical (unpaired) electrons. The number of hydrogen-bond donors (Lipinski definition) is 2. The maximum Gasteiger partial charge on any atom is 0.273 e. The molecule has 122 valence electrons. The van der Waals surface area contributed by atoms with Crippen molar-refractivity contribution in [3.63, 3.8) is 0 Å². The van der Waals surface area contributed by atoms with E-state index in [2.05, 4.69) is 15.3 Å². The van der Waals surface area contributed by atoms with E-state index in [4.69, 9.17) is 21.1 Å². The first kappa shape index (κ1) is 15.0. The molecule has 0 spiro atoms. The molecule has 0 fully saturated rings. The molecule has 1 aliphatic rings. The van der Waals surface area contributed by atoms with Gasteiger partial charge in [-0.15, -0.1) is 11.3 Å². The second-order valence-electron chi connectivity index (χ2n) is 5.08. The minimum absolute atomic E-state index is 0.287. The van der Waals surface area contributed by atoms with Crippen LogP contribution in [0.1, 0.15) is 10.5 Å². The van der Waals surface area contributed by atoms with Crippen LogP contribution in [0, 0.1) is 0 Å². The highest BCUT2D eigenvalue weighted by Crippen LogP contribution is 2.35. The van der Waals surface area contributed by atoms with Crippen molar-refractivity contribution in [2.45, 2.75) is 0 Å². The largest absolute Gasteiger partial charge is 0.486 e. The van der Waals surface area contributed by atoms with Gasteiger partial charge in [0.05, 0.1) is 10.7 Å². The highest BCUT2D eigenvalue weighted by Gasteiger charge is 2.15. The summed E-state index contributed by atoms with van der Waals surface area (Å²) < 4.78 is 11.1. The van der Waals surface area contributed by atoms with Crippen LogP contribution in [0.25, 0.3) is 11.3 Å². The number of anilines is 1. The standard InChI is InChI=1S/C16H12ClN3O3S/c17-10-6-11(18-7-10)15(21)20-16-19-12(8-24-16)9-1-2-13-14(5-9)23-4-3-22-13/h1-2,5-8,18H,3-4H2,(H,19,20,21). The Morgan fingerprint density at radius 1 is 1.25 bits per heavy atom. The van der Waals surface area contributed by atoms with E-state index in [9.17, 15) is 4.79 Å². The van der Waals surface area contributed by atoms with E-state index in [0.717, 1.165) is 17.0 Å². The van der Waals surface area contributed by atoms with E-state index in [1.165, 1.54) is 11.3 Å². The third kappa shape index (κ3) is 2.95. The predicted octanol–water partition coefficient (Wildman–Crippen LogP) is 3.82. The lowest BCUT2D eigenvalue weighted by atomic mass is 10.1. The van der Waals surface area contributed by atoms with Crippen molar-refractivity contribution in [1.82, 2.24) is 9.97 Å². The Kier molecular flexibility index (Phi) is 3.87. The average Bonchev–Trinajstić information content (AvgIpc) is 3.23. The maximum absolute atomic E-state index is 12.1. The van der Waals surface area contributed by atoms with Crippen LogP contribution in [-0.2, 0) is 0 Å². The SMILES string of the molecule is O=C(Nc1nc(-c2ccc3c(c2)OCCO3)cs1)c1cc(Cl)c[nH]1. The molecular weight excluding hydrogens is 350 g/mol. The Labute approximate surface area is 146 Å². The number of ether oxygens (including phenoxy) is 2. The van der Waals surface area contributed by atoms with Crippen LogP contribution in [0.3, 0.4) is 0 Å². The number of fused-ring (bicyclic) bond motifs is 1. The maximum atomic E-state index is 12.1. The van der Waals surface area contributed by atoms with Gasteiger partial charge in [-0.1, -0.05) is 11.6 Å². The summed E-state index contributed by atoms with van der Waals surface area (Å²) in [6.07, 6.45) is 1.55. The lowest BCUT2D eigenvalue weighted by Gasteiger charge is -2.18. The number of thiazole rings is 1. The van der Waals surface area contributed by atoms with Gasteiger partial charge < -0.3 is 14.5 Å². The lowest BCUT2D eigenvalue weighted by Crippen LogP contribution is -2.15. The zero-order valence-electron chi connectivity index (χ0n) is 12.3. The van der Waals surface area contributed by atoms with Gasteiger partial charge in [0.15, 0.2) is 16.6 Å². The number of hydrogen-bond acceptors (Lipinski definition) is 5. The van der Waals surface area contributed by atoms with Crippen molar-refractivity contribution in [2.24, 2.45) is 0 Å². The van der Waals surface area contributed by atoms with Crippen molar-refractivity contribution in [2.75, 3.05) is 18.5 Å². The molecule has 1 aromatic carbocycles. The molecule has 2 aromatic heterocycles. The molecule has 3 aromatic rings. The summed E-state index contributed by atoms with van der Waals surface area (Å²) >= 11 is 7.15. The quantitative estimate of drug-likeness (QED) is 0.743. The fraction of sp³-hybridized carbons (Fsp3) is 0.125. The normalized spacial score (nSPS) is 12.9. The Balaban J connectivity index is 1.53. The molecule has 0 saturated carbocycles. The van der Waals surface area contributed by atoms with Gasteiger partial charge in [0.2, 0.25) is 0 Å². The fourth-order valence-corrected chi connectivity index (χ4v) is 3.21. The van der Waals surface area contributed by atoms with E-state index in [1.54, 1.807) is 12.3 Å². The number of nitrogens with zero attached hydrogens (tertiary/aromatic N) is 1. The molecule has 6 nitrogen and oxygen atoms in total. The number of aromatic amines is 1. The molecule has 4 rings (SSSR count). The van der Waals surface area contributed by atoms with Gasteiger partial charge >= 0.3 is 0 Å². The average molecular weight is 362 g/mol. The minimum atomic E-state index is -0.287. The van der Waals surface area contributed by atoms with Crippen molar-refractivity contribution in [1.29, 1.82) is 0 Å². The lowest BCUT2D eigenvalue weighted by molar-refractivity contribution is 0.102. The van der Waals surface area contributed by atoms with Crippen LogP contribution in [0.2, 0.25) is 5.02 Å². The van der Waals surface area contributed by atoms with Gasteiger partial charge in [-0.3, -0.25) is 10.1 Å². The molecular formula is C16H12ClN3O3S. The van der Waals surface area contributed by atoms with Crippen LogP contribution >= 0.6 is 22.9 Å². The summed E-state index contributed by atoms with van der Waals surface area (Å²) in [6, 6.07) is 7.23. The Hall–Kier alpha value is -2.51. The molecule has 0 bridgehead atoms. The smallest absolute Gasteiger partial charge is 0.273 e. The Bertz CT molecular complexity index is 906. The summed E-state index contributed by atoms with van der Waals surface area (Å²) in [4.78, 5) is 19.3. The number of benzene rings is 1. The number of carbonyl (C=O) groups excluding carboxylic acids is 1. The first-order valence-electron chi connectivity index (χ1n) is 7.20. The van der Waals surface area contributed by atoms with E-state index >= 15 is 0 Å². The highest BCUT2D eigenvalue weighted by molar-refractivity contribution is 7.14. The molecule has 1 amide bonds. The van der Waals surface area contributed by atoms with Gasteiger partial charge in [0.25, 0.3) is 5.91 Å². The van der Waals surface area contributed by atoms with E-state index in [0.29, 0.717) is 34.8 Å². The van der Waals surface area contributed by atoms with Crippen molar-refractivity contribution >= 4 is 34.0 Å². The molecule has 0 saturated heterocycles. The van der Waals surface area contributed by atoms with E-state index < -0.39 is 0 Å². The molecule has 3 heterocycles. The van der Waals surface area contributed by atoms with Gasteiger partial charge in [-0.2, -0.15) is 0 Å². The van der Waals surface area contributed by atoms with Crippen molar-refractivity contribution in [3.8, 4) is 22.8 Å². The van der Waals surface area contributed by atoms with Crippen molar-refractivity contribution in [3.05, 3.63) is 46.6 Å². The summed E-state index contributed by atoms with van der Waals surface area (Å²) in [7, 11) is 0. The first-order valence-corrected chi connectivity index (χ1v) is 8.45. The molecule has 2 N–H and O–H groups in total. The summed E-state index contributed by atoms with van der Waals surface area (Å²) in [5.74, 6) is 1.15. The second-order valence-corrected chi connectivity index (χ2v) is 6.38. The molecule has 0 atom stereocenters. The monoisotopic (exact) mass is 361 g/mol. The molecule has 0 unspecified atom stereocenters. The fourth-order valence-electron chi connectivity index (χ4n) is 2.33. The number of carbonyl (C=O) groups is 1. The number of nitrogens with one attached hydrogen (secondary N) is 2. The number of rotatable bonds is 3. The zero-order chi connectivity index (χ0) is 16.5. The number of H-pyrrole nitrogens is 1. The highest BCUT2D eigenvalue weighted by atomic mass is 35.5. The Morgan fingerprint density at radius 2 is 2.08 bits per heavy atom. The van der Waals surface area contributed by atoms with E-state index in [1.807, 2.05) is 23.6 Å². The number of amides is 1. The Morgan fingerprint density at radius 3 is 2.88 bits per heavy atom. The van der Waals surface area contributed by atoms with Crippen LogP contribution in [0.15, 0.2) is 35.8 Å². The number of halogens is 1. The minimum Gasteiger partial charge on any atom is -0.486 e. The second kappa shape index (κ2) is 6.18. The van der Waals surface area contributed by atoms with E-state index in [-0.39, 0.29) is 5.91 Å². The van der Waals surface area contributed by atoms with Gasteiger partial charge in [0, 0.05) is 17.1 Å². The van der Waals surface area contributed by atoms with Gasteiger partial charge in [-0.25, -0.2) is 4.98 Å². The van der Waals surface area contributed by atoms with Gasteiger partial charge in [0.1, 0.15) is 18.9 Å². The van der Waals surface area contributed by atoms with Crippen LogP contribution in [-0.4, -0.2) is 29.1 Å². The predicted molar refractivity (Wildman–Crippen MR) is 92.3 cm³/mol. The first-order chi connectivity index (χ1) is 11.7. The number of aromatic nitrogens is 2. The molecule has 0 aliphatic carbocycles. The third-order valence-corrected chi connectivity index (χ3v) is 4.43. The molecule has 24 heavy (non-hydrogen) atoms. The molecule has 1 aliphatic heterocycles. The van der Waals surface area contributed by atoms with Crippen LogP contribution in [0.5, 0.6) is 11.5 Å². The van der Waals surface area contributed by atoms with Crippen molar-refractivity contribution < 1.29 is 14.3 Å². The third-order valence-electron chi connectivity index (χ3n) is 3.45.